The van der Waals surface area contributed by atoms with E-state index in [-0.39, 0.29) is 30.9 Å². The number of carbonyl (C=O) groups excluding carboxylic acids is 1. The van der Waals surface area contributed by atoms with E-state index in [1.807, 2.05) is 49.4 Å². The molecule has 4 aromatic rings. The molecule has 0 bridgehead atoms. The molecule has 1 atom stereocenters. The zero-order valence-corrected chi connectivity index (χ0v) is 25.0. The van der Waals surface area contributed by atoms with Crippen molar-refractivity contribution in [1.82, 2.24) is 15.4 Å². The van der Waals surface area contributed by atoms with Crippen LogP contribution in [0.2, 0.25) is 5.02 Å². The SMILES string of the molecule is Cc1c(COc2ccc(CN[C@@H](CO)C(=O)O)cc2Cl)cccc1-c1cccc(-c2cc(C(=O)N3CCC(O)CC3)no2)c1. The molecule has 3 aromatic carbocycles. The van der Waals surface area contributed by atoms with E-state index >= 15 is 0 Å². The normalized spacial score (nSPS) is 14.4. The highest BCUT2D eigenvalue weighted by Crippen LogP contribution is 2.32. The Morgan fingerprint density at radius 2 is 1.84 bits per heavy atom. The number of ether oxygens (including phenoxy) is 1. The second kappa shape index (κ2) is 14.0. The van der Waals surface area contributed by atoms with Gasteiger partial charge in [-0.05, 0) is 65.8 Å². The van der Waals surface area contributed by atoms with Crippen molar-refractivity contribution in [3.63, 3.8) is 0 Å². The fourth-order valence-corrected chi connectivity index (χ4v) is 5.39. The van der Waals surface area contributed by atoms with Gasteiger partial charge in [0.15, 0.2) is 11.5 Å². The molecule has 5 rings (SSSR count). The maximum atomic E-state index is 12.9. The van der Waals surface area contributed by atoms with Crippen LogP contribution in [0.3, 0.4) is 0 Å². The van der Waals surface area contributed by atoms with Crippen molar-refractivity contribution in [2.45, 2.75) is 45.1 Å². The van der Waals surface area contributed by atoms with Gasteiger partial charge in [-0.15, -0.1) is 0 Å². The van der Waals surface area contributed by atoms with Gasteiger partial charge in [-0.2, -0.15) is 0 Å². The van der Waals surface area contributed by atoms with Crippen LogP contribution in [0.25, 0.3) is 22.5 Å². The number of benzene rings is 3. The number of aliphatic carboxylic acids is 1. The second-order valence-electron chi connectivity index (χ2n) is 10.8. The van der Waals surface area contributed by atoms with Gasteiger partial charge in [-0.3, -0.25) is 14.9 Å². The Hall–Kier alpha value is -4.22. The Bertz CT molecular complexity index is 1630. The molecule has 1 amide bonds. The summed E-state index contributed by atoms with van der Waals surface area (Å²) in [4.78, 5) is 25.7. The summed E-state index contributed by atoms with van der Waals surface area (Å²) in [7, 11) is 0. The number of aromatic nitrogens is 1. The number of piperidine rings is 1. The number of hydrogen-bond donors (Lipinski definition) is 4. The highest BCUT2D eigenvalue weighted by Gasteiger charge is 2.25. The molecule has 230 valence electrons. The molecule has 0 aliphatic carbocycles. The van der Waals surface area contributed by atoms with Crippen LogP contribution in [-0.4, -0.2) is 69.1 Å². The minimum atomic E-state index is -1.13. The summed E-state index contributed by atoms with van der Waals surface area (Å²) >= 11 is 6.45. The lowest BCUT2D eigenvalue weighted by Gasteiger charge is -2.28. The van der Waals surface area contributed by atoms with Crippen molar-refractivity contribution < 1.29 is 34.2 Å². The largest absolute Gasteiger partial charge is 0.487 e. The Morgan fingerprint density at radius 3 is 2.57 bits per heavy atom. The van der Waals surface area contributed by atoms with E-state index in [4.69, 9.17) is 26.0 Å². The van der Waals surface area contributed by atoms with E-state index in [1.54, 1.807) is 29.2 Å². The molecule has 0 radical (unpaired) electrons. The number of carboxylic acid groups (broad SMARTS) is 1. The van der Waals surface area contributed by atoms with Gasteiger partial charge in [0.25, 0.3) is 5.91 Å². The van der Waals surface area contributed by atoms with Crippen LogP contribution in [0.1, 0.15) is 40.0 Å². The minimum absolute atomic E-state index is 0.202. The van der Waals surface area contributed by atoms with Crippen molar-refractivity contribution in [3.8, 4) is 28.2 Å². The van der Waals surface area contributed by atoms with E-state index in [1.165, 1.54) is 0 Å². The van der Waals surface area contributed by atoms with E-state index in [2.05, 4.69) is 10.5 Å². The van der Waals surface area contributed by atoms with E-state index < -0.39 is 18.6 Å². The first-order valence-corrected chi connectivity index (χ1v) is 14.7. The molecule has 1 fully saturated rings. The first-order valence-electron chi connectivity index (χ1n) is 14.3. The van der Waals surface area contributed by atoms with Crippen molar-refractivity contribution in [2.75, 3.05) is 19.7 Å². The molecule has 10 nitrogen and oxygen atoms in total. The van der Waals surface area contributed by atoms with Crippen molar-refractivity contribution >= 4 is 23.5 Å². The van der Waals surface area contributed by atoms with Gasteiger partial charge in [-0.25, -0.2) is 0 Å². The Kier molecular flexibility index (Phi) is 9.96. The molecular formula is C33H34ClN3O7. The first-order chi connectivity index (χ1) is 21.2. The molecule has 1 aromatic heterocycles. The lowest BCUT2D eigenvalue weighted by atomic mass is 9.95. The van der Waals surface area contributed by atoms with Gasteiger partial charge in [0.05, 0.1) is 17.7 Å². The van der Waals surface area contributed by atoms with Gasteiger partial charge in [-0.1, -0.05) is 59.2 Å². The number of nitrogens with zero attached hydrogens (tertiary/aromatic N) is 2. The Balaban J connectivity index is 1.26. The van der Waals surface area contributed by atoms with Crippen LogP contribution in [0, 0.1) is 6.92 Å². The van der Waals surface area contributed by atoms with Crippen molar-refractivity contribution in [1.29, 1.82) is 0 Å². The van der Waals surface area contributed by atoms with Crippen molar-refractivity contribution in [2.24, 2.45) is 0 Å². The summed E-state index contributed by atoms with van der Waals surface area (Å²) in [5.41, 5.74) is 5.78. The zero-order chi connectivity index (χ0) is 31.2. The van der Waals surface area contributed by atoms with E-state index in [9.17, 15) is 19.8 Å². The number of nitrogens with one attached hydrogen (secondary N) is 1. The predicted molar refractivity (Wildman–Crippen MR) is 164 cm³/mol. The fraction of sp³-hybridized carbons (Fsp3) is 0.303. The van der Waals surface area contributed by atoms with Crippen LogP contribution >= 0.6 is 11.6 Å². The summed E-state index contributed by atoms with van der Waals surface area (Å²) in [5.74, 6) is -0.341. The number of halogens is 1. The Morgan fingerprint density at radius 1 is 1.09 bits per heavy atom. The molecule has 0 saturated carbocycles. The monoisotopic (exact) mass is 619 g/mol. The maximum Gasteiger partial charge on any atom is 0.323 e. The molecule has 1 aliphatic rings. The van der Waals surface area contributed by atoms with Gasteiger partial charge < -0.3 is 29.5 Å². The smallest absolute Gasteiger partial charge is 0.323 e. The number of aliphatic hydroxyl groups is 2. The second-order valence-corrected chi connectivity index (χ2v) is 11.2. The summed E-state index contributed by atoms with van der Waals surface area (Å²) in [6.45, 7) is 3.01. The number of hydrogen-bond acceptors (Lipinski definition) is 8. The molecule has 0 unspecified atom stereocenters. The van der Waals surface area contributed by atoms with E-state index in [0.717, 1.165) is 33.4 Å². The minimum Gasteiger partial charge on any atom is -0.487 e. The van der Waals surface area contributed by atoms with Gasteiger partial charge in [0, 0.05) is 31.3 Å². The molecule has 0 spiro atoms. The molecule has 2 heterocycles. The number of rotatable bonds is 11. The summed E-state index contributed by atoms with van der Waals surface area (Å²) in [5, 5.41) is 35.2. The summed E-state index contributed by atoms with van der Waals surface area (Å²) in [6.07, 6.45) is 0.749. The third-order valence-electron chi connectivity index (χ3n) is 7.80. The number of aliphatic hydroxyl groups excluding tert-OH is 2. The lowest BCUT2D eigenvalue weighted by Crippen LogP contribution is -2.40. The number of carbonyl (C=O) groups is 2. The highest BCUT2D eigenvalue weighted by atomic mass is 35.5. The van der Waals surface area contributed by atoms with Crippen LogP contribution < -0.4 is 10.1 Å². The number of amides is 1. The van der Waals surface area contributed by atoms with Crippen LogP contribution in [0.15, 0.2) is 71.3 Å². The molecule has 11 heteroatoms. The number of likely N-dealkylation sites (tertiary alicyclic amines) is 1. The molecule has 1 aliphatic heterocycles. The quantitative estimate of drug-likeness (QED) is 0.188. The van der Waals surface area contributed by atoms with E-state index in [0.29, 0.717) is 42.5 Å². The third kappa shape index (κ3) is 7.28. The Labute approximate surface area is 259 Å². The highest BCUT2D eigenvalue weighted by molar-refractivity contribution is 6.32. The average Bonchev–Trinajstić information content (AvgIpc) is 3.52. The summed E-state index contributed by atoms with van der Waals surface area (Å²) in [6, 6.07) is 19.7. The predicted octanol–water partition coefficient (Wildman–Crippen LogP) is 4.68. The number of carboxylic acids is 1. The molecule has 44 heavy (non-hydrogen) atoms. The lowest BCUT2D eigenvalue weighted by molar-refractivity contribution is -0.140. The maximum absolute atomic E-state index is 12.9. The molecule has 1 saturated heterocycles. The zero-order valence-electron chi connectivity index (χ0n) is 24.2. The standard InChI is InChI=1S/C33H34ClN3O7/c1-20-24(19-43-30-9-8-21(14-27(30)34)17-35-29(18-38)33(41)42)6-3-7-26(20)22-4-2-5-23(15-22)31-16-28(36-44-31)32(40)37-12-10-25(39)11-13-37/h2-9,14-16,25,29,35,38-39H,10-13,17-19H2,1H3,(H,41,42)/t29-/m0/s1. The topological polar surface area (TPSA) is 145 Å². The van der Waals surface area contributed by atoms with Gasteiger partial charge >= 0.3 is 5.97 Å². The van der Waals surface area contributed by atoms with Crippen LogP contribution in [-0.2, 0) is 17.9 Å². The van der Waals surface area contributed by atoms with Crippen molar-refractivity contribution in [3.05, 3.63) is 94.1 Å². The average molecular weight is 620 g/mol. The first kappa shape index (κ1) is 31.2. The van der Waals surface area contributed by atoms with Crippen LogP contribution in [0.4, 0.5) is 0 Å². The summed E-state index contributed by atoms with van der Waals surface area (Å²) < 4.78 is 11.6. The van der Waals surface area contributed by atoms with Crippen LogP contribution in [0.5, 0.6) is 5.75 Å². The molecule has 4 N–H and O–H groups in total. The fourth-order valence-electron chi connectivity index (χ4n) is 5.13. The van der Waals surface area contributed by atoms with Gasteiger partial charge in [0.2, 0.25) is 0 Å². The third-order valence-corrected chi connectivity index (χ3v) is 8.09. The molecular weight excluding hydrogens is 586 g/mol. The van der Waals surface area contributed by atoms with Gasteiger partial charge in [0.1, 0.15) is 18.4 Å².